The highest BCUT2D eigenvalue weighted by molar-refractivity contribution is 5.39. The number of aliphatic hydroxyl groups is 4. The van der Waals surface area contributed by atoms with Gasteiger partial charge >= 0.3 is 0 Å². The van der Waals surface area contributed by atoms with Crippen LogP contribution >= 0.6 is 0 Å². The predicted molar refractivity (Wildman–Crippen MR) is 93.4 cm³/mol. The molecule has 0 saturated heterocycles. The molecule has 2 atom stereocenters. The van der Waals surface area contributed by atoms with Crippen LogP contribution in [0.1, 0.15) is 33.1 Å². The van der Waals surface area contributed by atoms with Crippen LogP contribution in [0.5, 0.6) is 11.5 Å². The van der Waals surface area contributed by atoms with Crippen LogP contribution in [0.15, 0.2) is 24.3 Å². The Labute approximate surface area is 144 Å². The zero-order chi connectivity index (χ0) is 18.2. The first-order valence-electron chi connectivity index (χ1n) is 8.49. The highest BCUT2D eigenvalue weighted by atomic mass is 16.5. The van der Waals surface area contributed by atoms with E-state index in [-0.39, 0.29) is 45.1 Å². The maximum Gasteiger partial charge on any atom is 0.161 e. The lowest BCUT2D eigenvalue weighted by atomic mass is 9.97. The van der Waals surface area contributed by atoms with Gasteiger partial charge in [0.1, 0.15) is 13.2 Å². The third kappa shape index (κ3) is 9.72. The van der Waals surface area contributed by atoms with E-state index in [2.05, 4.69) is 0 Å². The number of benzene rings is 1. The van der Waals surface area contributed by atoms with Gasteiger partial charge in [-0.2, -0.15) is 0 Å². The van der Waals surface area contributed by atoms with Crippen molar-refractivity contribution in [2.75, 3.05) is 33.0 Å². The second kappa shape index (κ2) is 15.2. The van der Waals surface area contributed by atoms with Gasteiger partial charge in [-0.3, -0.25) is 0 Å². The fourth-order valence-electron chi connectivity index (χ4n) is 2.05. The molecule has 4 N–H and O–H groups in total. The number of ether oxygens (including phenoxy) is 2. The summed E-state index contributed by atoms with van der Waals surface area (Å²) in [6.07, 6.45) is 2.34. The van der Waals surface area contributed by atoms with Crippen LogP contribution in [0.2, 0.25) is 0 Å². The summed E-state index contributed by atoms with van der Waals surface area (Å²) in [5.74, 6) is 1.24. The minimum absolute atomic E-state index is 0.0334. The van der Waals surface area contributed by atoms with Crippen molar-refractivity contribution in [3.05, 3.63) is 24.3 Å². The van der Waals surface area contributed by atoms with E-state index in [1.54, 1.807) is 12.1 Å². The third-order valence-corrected chi connectivity index (χ3v) is 3.43. The number of aliphatic hydroxyl groups excluding tert-OH is 4. The van der Waals surface area contributed by atoms with Crippen LogP contribution in [0.4, 0.5) is 0 Å². The van der Waals surface area contributed by atoms with Crippen molar-refractivity contribution < 1.29 is 29.9 Å². The fraction of sp³-hybridized carbons (Fsp3) is 0.667. The molecular formula is C18H32O6. The third-order valence-electron chi connectivity index (χ3n) is 3.43. The molecular weight excluding hydrogens is 312 g/mol. The molecule has 0 heterocycles. The van der Waals surface area contributed by atoms with Gasteiger partial charge in [0.2, 0.25) is 0 Å². The number of rotatable bonds is 11. The monoisotopic (exact) mass is 344 g/mol. The second-order valence-electron chi connectivity index (χ2n) is 5.30. The van der Waals surface area contributed by atoms with Crippen molar-refractivity contribution in [3.8, 4) is 11.5 Å². The fourth-order valence-corrected chi connectivity index (χ4v) is 2.05. The quantitative estimate of drug-likeness (QED) is 0.487. The molecule has 0 aliphatic heterocycles. The van der Waals surface area contributed by atoms with Gasteiger partial charge in [0.25, 0.3) is 0 Å². The van der Waals surface area contributed by atoms with Crippen molar-refractivity contribution in [2.45, 2.75) is 39.2 Å². The standard InChI is InChI=1S/C10H14O4.C8H18O2/c11-5-7-13-9-3-1-2-4-10(9)14-8-6-12;1-3-5-8(10)7(4-2)6-9/h1-4,11-12H,5-8H2;7-10H,3-6H2,1-2H3. The van der Waals surface area contributed by atoms with E-state index >= 15 is 0 Å². The van der Waals surface area contributed by atoms with Gasteiger partial charge in [0.15, 0.2) is 11.5 Å². The zero-order valence-electron chi connectivity index (χ0n) is 14.7. The summed E-state index contributed by atoms with van der Waals surface area (Å²) < 4.78 is 10.5. The minimum Gasteiger partial charge on any atom is -0.487 e. The van der Waals surface area contributed by atoms with Crippen molar-refractivity contribution in [1.82, 2.24) is 0 Å². The van der Waals surface area contributed by atoms with Crippen molar-refractivity contribution in [2.24, 2.45) is 5.92 Å². The van der Waals surface area contributed by atoms with Gasteiger partial charge < -0.3 is 29.9 Å². The topological polar surface area (TPSA) is 99.4 Å². The average molecular weight is 344 g/mol. The molecule has 0 saturated carbocycles. The smallest absolute Gasteiger partial charge is 0.161 e. The molecule has 1 aromatic carbocycles. The van der Waals surface area contributed by atoms with E-state index in [1.807, 2.05) is 26.0 Å². The molecule has 0 aromatic heterocycles. The molecule has 6 heteroatoms. The zero-order valence-corrected chi connectivity index (χ0v) is 14.7. The Balaban J connectivity index is 0.000000470. The minimum atomic E-state index is -0.306. The van der Waals surface area contributed by atoms with Crippen molar-refractivity contribution >= 4 is 0 Å². The normalized spacial score (nSPS) is 12.8. The molecule has 1 aromatic rings. The molecule has 0 spiro atoms. The van der Waals surface area contributed by atoms with Crippen LogP contribution in [-0.2, 0) is 0 Å². The van der Waals surface area contributed by atoms with Gasteiger partial charge in [-0.05, 0) is 25.0 Å². The Morgan fingerprint density at radius 3 is 1.75 bits per heavy atom. The molecule has 0 fully saturated rings. The van der Waals surface area contributed by atoms with E-state index < -0.39 is 0 Å². The molecule has 6 nitrogen and oxygen atoms in total. The maximum absolute atomic E-state index is 9.35. The molecule has 140 valence electrons. The molecule has 2 unspecified atom stereocenters. The lowest BCUT2D eigenvalue weighted by Gasteiger charge is -2.17. The van der Waals surface area contributed by atoms with Crippen LogP contribution in [0.3, 0.4) is 0 Å². The van der Waals surface area contributed by atoms with Gasteiger partial charge in [-0.25, -0.2) is 0 Å². The number of hydrogen-bond donors (Lipinski definition) is 4. The Morgan fingerprint density at radius 2 is 1.42 bits per heavy atom. The van der Waals surface area contributed by atoms with E-state index in [0.717, 1.165) is 19.3 Å². The summed E-state index contributed by atoms with van der Waals surface area (Å²) in [7, 11) is 0. The van der Waals surface area contributed by atoms with Crippen LogP contribution in [0.25, 0.3) is 0 Å². The summed E-state index contributed by atoms with van der Waals surface area (Å²) in [6, 6.07) is 7.14. The van der Waals surface area contributed by atoms with E-state index in [1.165, 1.54) is 0 Å². The first kappa shape index (κ1) is 22.7. The molecule has 24 heavy (non-hydrogen) atoms. The van der Waals surface area contributed by atoms with Gasteiger partial charge in [0, 0.05) is 12.5 Å². The lowest BCUT2D eigenvalue weighted by molar-refractivity contribution is 0.0584. The largest absolute Gasteiger partial charge is 0.487 e. The second-order valence-corrected chi connectivity index (χ2v) is 5.30. The van der Waals surface area contributed by atoms with Crippen molar-refractivity contribution in [3.63, 3.8) is 0 Å². The maximum atomic E-state index is 9.35. The summed E-state index contributed by atoms with van der Waals surface area (Å²) in [4.78, 5) is 0. The summed E-state index contributed by atoms with van der Waals surface area (Å²) >= 11 is 0. The predicted octanol–water partition coefficient (Wildman–Crippen LogP) is 1.59. The Kier molecular flexibility index (Phi) is 14.4. The summed E-state index contributed by atoms with van der Waals surface area (Å²) in [5.41, 5.74) is 0. The molecule has 0 radical (unpaired) electrons. The Bertz CT molecular complexity index is 368. The van der Waals surface area contributed by atoms with E-state index in [9.17, 15) is 5.11 Å². The molecule has 1 rings (SSSR count). The highest BCUT2D eigenvalue weighted by Gasteiger charge is 2.14. The summed E-state index contributed by atoms with van der Waals surface area (Å²) in [6.45, 7) is 4.53. The number of hydrogen-bond acceptors (Lipinski definition) is 6. The molecule has 0 aliphatic rings. The first-order chi connectivity index (χ1) is 11.6. The SMILES string of the molecule is CCCC(O)C(CC)CO.OCCOc1ccccc1OCCO. The van der Waals surface area contributed by atoms with Gasteiger partial charge in [-0.15, -0.1) is 0 Å². The van der Waals surface area contributed by atoms with Crippen molar-refractivity contribution in [1.29, 1.82) is 0 Å². The lowest BCUT2D eigenvalue weighted by Crippen LogP contribution is -2.22. The van der Waals surface area contributed by atoms with Gasteiger partial charge in [-0.1, -0.05) is 32.4 Å². The van der Waals surface area contributed by atoms with Gasteiger partial charge in [0.05, 0.1) is 19.3 Å². The number of para-hydroxylation sites is 2. The molecule has 0 amide bonds. The van der Waals surface area contributed by atoms with E-state index in [4.69, 9.17) is 24.8 Å². The van der Waals surface area contributed by atoms with Crippen LogP contribution < -0.4 is 9.47 Å². The highest BCUT2D eigenvalue weighted by Crippen LogP contribution is 2.25. The molecule has 0 aliphatic carbocycles. The summed E-state index contributed by atoms with van der Waals surface area (Å²) in [5, 5.41) is 35.3. The van der Waals surface area contributed by atoms with E-state index in [0.29, 0.717) is 11.5 Å². The molecule has 0 bridgehead atoms. The average Bonchev–Trinajstić information content (AvgIpc) is 2.60. The van der Waals surface area contributed by atoms with Crippen LogP contribution in [-0.4, -0.2) is 59.6 Å². The van der Waals surface area contributed by atoms with Crippen LogP contribution in [0, 0.1) is 5.92 Å². The first-order valence-corrected chi connectivity index (χ1v) is 8.49. The Hall–Kier alpha value is -1.34. The Morgan fingerprint density at radius 1 is 0.917 bits per heavy atom.